The zero-order chi connectivity index (χ0) is 4.41. The molecule has 0 N–H and O–H groups in total. The van der Waals surface area contributed by atoms with Crippen molar-refractivity contribution in [2.75, 3.05) is 0 Å². The van der Waals surface area contributed by atoms with Crippen molar-refractivity contribution in [2.45, 2.75) is 0 Å². The molecule has 0 fully saturated rings. The van der Waals surface area contributed by atoms with Crippen molar-refractivity contribution in [1.82, 2.24) is 3.82 Å². The van der Waals surface area contributed by atoms with Crippen LogP contribution in [0.3, 0.4) is 0 Å². The topological polar surface area (TPSA) is 3.24 Å². The van der Waals surface area contributed by atoms with E-state index < -0.39 is 0 Å². The Morgan fingerprint density at radius 1 is 1.67 bits per heavy atom. The lowest BCUT2D eigenvalue weighted by Crippen LogP contribution is -1.77. The summed E-state index contributed by atoms with van der Waals surface area (Å²) in [4.78, 5) is 0. The Balaban J connectivity index is 2.38. The Bertz CT molecular complexity index is 73.9. The number of hydrogen-bond donors (Lipinski definition) is 0. The zero-order valence-corrected chi connectivity index (χ0v) is 5.19. The first-order valence-electron chi connectivity index (χ1n) is 1.35. The summed E-state index contributed by atoms with van der Waals surface area (Å²) in [6.07, 6.45) is 1.80. The fourth-order valence-corrected chi connectivity index (χ4v) is 1.76. The van der Waals surface area contributed by atoms with Gasteiger partial charge in [0.15, 0.2) is 0 Å². The highest BCUT2D eigenvalue weighted by atomic mass is 35.5. The second-order valence-corrected chi connectivity index (χ2v) is 3.32. The van der Waals surface area contributed by atoms with Crippen LogP contribution in [-0.2, 0) is 0 Å². The molecule has 0 amide bonds. The Hall–Kier alpha value is 0.530. The van der Waals surface area contributed by atoms with Crippen LogP contribution < -0.4 is 0 Å². The normalized spacial score (nSPS) is 19.8. The van der Waals surface area contributed by atoms with Crippen molar-refractivity contribution in [2.24, 2.45) is 0 Å². The first-order chi connectivity index (χ1) is 2.89. The number of halogens is 1. The minimum absolute atomic E-state index is 1.50. The number of rotatable bonds is 0. The molecule has 1 nitrogen and oxygen atoms in total. The van der Waals surface area contributed by atoms with Crippen molar-refractivity contribution in [3.63, 3.8) is 0 Å². The minimum Gasteiger partial charge on any atom is -0.223 e. The Kier molecular flexibility index (Phi) is 1.56. The van der Waals surface area contributed by atoms with Crippen LogP contribution in [0.5, 0.6) is 0 Å². The maximum atomic E-state index is 5.40. The van der Waals surface area contributed by atoms with Crippen molar-refractivity contribution in [3.05, 3.63) is 11.6 Å². The first kappa shape index (κ1) is 4.68. The average molecular weight is 140 g/mol. The average Bonchev–Trinajstić information content (AvgIpc) is 1.86. The van der Waals surface area contributed by atoms with E-state index in [4.69, 9.17) is 11.8 Å². The van der Waals surface area contributed by atoms with E-state index in [-0.39, 0.29) is 0 Å². The molecule has 1 aliphatic rings. The highest BCUT2D eigenvalue weighted by Gasteiger charge is 1.98. The Morgan fingerprint density at radius 2 is 2.50 bits per heavy atom. The smallest absolute Gasteiger partial charge is 0.0420 e. The molecular weight excluding hydrogens is 138 g/mol. The summed E-state index contributed by atoms with van der Waals surface area (Å²) >= 11 is 5.40. The van der Waals surface area contributed by atoms with Gasteiger partial charge in [0.1, 0.15) is 0 Å². The van der Waals surface area contributed by atoms with Gasteiger partial charge in [-0.1, -0.05) is 0 Å². The van der Waals surface area contributed by atoms with E-state index in [2.05, 4.69) is 0 Å². The molecule has 0 unspecified atom stereocenters. The molecule has 0 aromatic rings. The minimum atomic E-state index is 1.50. The van der Waals surface area contributed by atoms with Gasteiger partial charge in [-0.05, 0) is 10.8 Å². The summed E-state index contributed by atoms with van der Waals surface area (Å²) in [5.41, 5.74) is 0. The number of hydrogen-bond acceptors (Lipinski definition) is 3. The predicted octanol–water partition coefficient (Wildman–Crippen LogP) is 2.22. The van der Waals surface area contributed by atoms with Crippen LogP contribution in [0.25, 0.3) is 0 Å². The predicted molar refractivity (Wildman–Crippen MR) is 32.0 cm³/mol. The van der Waals surface area contributed by atoms with Crippen LogP contribution in [-0.4, -0.2) is 3.82 Å². The van der Waals surface area contributed by atoms with Crippen molar-refractivity contribution in [1.29, 1.82) is 0 Å². The standard InChI is InChI=1S/C2H2ClNS2/c3-4-1-2-5-6-4/h1-2H. The lowest BCUT2D eigenvalue weighted by molar-refractivity contribution is 1.04. The van der Waals surface area contributed by atoms with E-state index in [1.165, 1.54) is 14.8 Å². The molecule has 0 spiro atoms. The monoisotopic (exact) mass is 139 g/mol. The van der Waals surface area contributed by atoms with Gasteiger partial charge in [0, 0.05) is 34.4 Å². The molecule has 0 saturated heterocycles. The molecule has 0 atom stereocenters. The molecule has 0 aliphatic carbocycles. The summed E-state index contributed by atoms with van der Waals surface area (Å²) < 4.78 is 1.53. The molecule has 1 aliphatic heterocycles. The maximum Gasteiger partial charge on any atom is 0.0420 e. The van der Waals surface area contributed by atoms with Crippen molar-refractivity contribution >= 4 is 33.6 Å². The summed E-state index contributed by atoms with van der Waals surface area (Å²) in [5, 5.41) is 1.93. The summed E-state index contributed by atoms with van der Waals surface area (Å²) in [7, 11) is 3.11. The Morgan fingerprint density at radius 3 is 2.67 bits per heavy atom. The molecule has 4 heteroatoms. The fourth-order valence-electron chi connectivity index (χ4n) is 0.163. The second-order valence-electron chi connectivity index (χ2n) is 0.728. The molecule has 0 saturated carbocycles. The van der Waals surface area contributed by atoms with E-state index in [9.17, 15) is 0 Å². The molecule has 0 aromatic heterocycles. The van der Waals surface area contributed by atoms with Gasteiger partial charge in [0.25, 0.3) is 0 Å². The summed E-state index contributed by atoms with van der Waals surface area (Å²) in [5.74, 6) is 0. The summed E-state index contributed by atoms with van der Waals surface area (Å²) in [6.45, 7) is 0. The third kappa shape index (κ3) is 0.996. The van der Waals surface area contributed by atoms with Gasteiger partial charge in [-0.25, -0.2) is 3.82 Å². The third-order valence-electron chi connectivity index (χ3n) is 0.348. The van der Waals surface area contributed by atoms with Gasteiger partial charge in [0.05, 0.1) is 0 Å². The molecule has 0 aromatic carbocycles. The lowest BCUT2D eigenvalue weighted by Gasteiger charge is -1.93. The van der Waals surface area contributed by atoms with Crippen LogP contribution in [0.2, 0.25) is 0 Å². The van der Waals surface area contributed by atoms with Gasteiger partial charge < -0.3 is 0 Å². The van der Waals surface area contributed by atoms with Gasteiger partial charge in [0.2, 0.25) is 0 Å². The maximum absolute atomic E-state index is 5.40. The van der Waals surface area contributed by atoms with E-state index in [0.29, 0.717) is 0 Å². The highest BCUT2D eigenvalue weighted by molar-refractivity contribution is 8.77. The van der Waals surface area contributed by atoms with Crippen LogP contribution in [0.15, 0.2) is 11.6 Å². The molecule has 0 bridgehead atoms. The second kappa shape index (κ2) is 2.00. The molecule has 0 radical (unpaired) electrons. The lowest BCUT2D eigenvalue weighted by atomic mass is 11.1. The van der Waals surface area contributed by atoms with E-state index in [0.717, 1.165) is 0 Å². The Labute approximate surface area is 49.4 Å². The zero-order valence-electron chi connectivity index (χ0n) is 2.80. The molecular formula is C2H2ClNS2. The molecule has 1 heterocycles. The molecule has 1 rings (SSSR count). The first-order valence-corrected chi connectivity index (χ1v) is 3.85. The van der Waals surface area contributed by atoms with E-state index in [1.54, 1.807) is 17.0 Å². The SMILES string of the molecule is ClN1C=CSS1. The number of nitrogens with zero attached hydrogens (tertiary/aromatic N) is 1. The van der Waals surface area contributed by atoms with Gasteiger partial charge in [-0.2, -0.15) is 0 Å². The van der Waals surface area contributed by atoms with E-state index in [1.807, 2.05) is 5.41 Å². The van der Waals surface area contributed by atoms with Crippen LogP contribution in [0.4, 0.5) is 0 Å². The van der Waals surface area contributed by atoms with Crippen molar-refractivity contribution in [3.8, 4) is 0 Å². The van der Waals surface area contributed by atoms with Gasteiger partial charge in [-0.15, -0.1) is 0 Å². The van der Waals surface area contributed by atoms with Crippen LogP contribution in [0, 0.1) is 0 Å². The quantitative estimate of drug-likeness (QED) is 0.288. The molecule has 6 heavy (non-hydrogen) atoms. The highest BCUT2D eigenvalue weighted by Crippen LogP contribution is 2.35. The fraction of sp³-hybridized carbons (Fsp3) is 0. The van der Waals surface area contributed by atoms with Crippen LogP contribution in [0.1, 0.15) is 0 Å². The third-order valence-corrected chi connectivity index (χ3v) is 2.57. The van der Waals surface area contributed by atoms with Gasteiger partial charge >= 0.3 is 0 Å². The largest absolute Gasteiger partial charge is 0.223 e. The van der Waals surface area contributed by atoms with Crippen LogP contribution >= 0.6 is 33.6 Å². The van der Waals surface area contributed by atoms with E-state index >= 15 is 0 Å². The molecule has 34 valence electrons. The van der Waals surface area contributed by atoms with Gasteiger partial charge in [-0.3, -0.25) is 0 Å². The summed E-state index contributed by atoms with van der Waals surface area (Å²) in [6, 6.07) is 0. The van der Waals surface area contributed by atoms with Crippen molar-refractivity contribution < 1.29 is 0 Å².